The number of aromatic nitrogens is 3. The summed E-state index contributed by atoms with van der Waals surface area (Å²) in [5.74, 6) is -0.213. The number of benzene rings is 2. The van der Waals surface area contributed by atoms with E-state index in [9.17, 15) is 17.6 Å². The topological polar surface area (TPSA) is 106 Å². The maximum absolute atomic E-state index is 13.5. The van der Waals surface area contributed by atoms with Gasteiger partial charge in [-0.05, 0) is 36.4 Å². The minimum atomic E-state index is -3.61. The zero-order valence-electron chi connectivity index (χ0n) is 18.6. The third kappa shape index (κ3) is 4.96. The monoisotopic (exact) mass is 515 g/mol. The first kappa shape index (κ1) is 23.5. The van der Waals surface area contributed by atoms with E-state index in [-0.39, 0.29) is 16.6 Å². The first-order valence-corrected chi connectivity index (χ1v) is 13.3. The highest BCUT2D eigenvalue weighted by Crippen LogP contribution is 2.22. The summed E-state index contributed by atoms with van der Waals surface area (Å²) in [5, 5.41) is 9.25. The number of nitrogens with zero attached hydrogens (tertiary/aromatic N) is 4. The quantitative estimate of drug-likeness (QED) is 0.406. The molecular formula is C23H22FN5O4S2. The maximum atomic E-state index is 13.5. The number of carbonyl (C=O) groups is 1. The van der Waals surface area contributed by atoms with E-state index in [0.29, 0.717) is 61.2 Å². The van der Waals surface area contributed by atoms with Gasteiger partial charge in [0.25, 0.3) is 5.91 Å². The Morgan fingerprint density at radius 2 is 1.91 bits per heavy atom. The van der Waals surface area contributed by atoms with Crippen LogP contribution in [0.4, 0.5) is 4.39 Å². The van der Waals surface area contributed by atoms with Crippen LogP contribution in [0.2, 0.25) is 0 Å². The molecule has 0 atom stereocenters. The Bertz CT molecular complexity index is 1460. The van der Waals surface area contributed by atoms with Crippen molar-refractivity contribution in [3.05, 3.63) is 71.0 Å². The summed E-state index contributed by atoms with van der Waals surface area (Å²) < 4.78 is 47.3. The van der Waals surface area contributed by atoms with Gasteiger partial charge in [0, 0.05) is 42.6 Å². The zero-order chi connectivity index (χ0) is 24.4. The molecule has 1 aliphatic rings. The van der Waals surface area contributed by atoms with E-state index in [1.165, 1.54) is 52.0 Å². The summed E-state index contributed by atoms with van der Waals surface area (Å²) in [6.45, 7) is 1.73. The number of halogens is 1. The number of sulfonamides is 1. The van der Waals surface area contributed by atoms with Gasteiger partial charge < -0.3 is 10.1 Å². The van der Waals surface area contributed by atoms with E-state index in [1.807, 2.05) is 5.38 Å². The largest absolute Gasteiger partial charge is 0.379 e. The number of nitrogens with one attached hydrogen (secondary N) is 1. The molecule has 4 aromatic rings. The zero-order valence-corrected chi connectivity index (χ0v) is 20.2. The smallest absolute Gasteiger partial charge is 0.251 e. The van der Waals surface area contributed by atoms with Crippen LogP contribution in [0.15, 0.2) is 58.8 Å². The van der Waals surface area contributed by atoms with Gasteiger partial charge >= 0.3 is 0 Å². The first-order chi connectivity index (χ1) is 16.9. The number of rotatable bonds is 7. The van der Waals surface area contributed by atoms with Crippen molar-refractivity contribution in [1.29, 1.82) is 0 Å². The predicted molar refractivity (Wildman–Crippen MR) is 128 cm³/mol. The van der Waals surface area contributed by atoms with Crippen molar-refractivity contribution < 1.29 is 22.3 Å². The molecule has 9 nitrogen and oxygen atoms in total. The molecule has 0 unspecified atom stereocenters. The highest BCUT2D eigenvalue weighted by Gasteiger charge is 2.26. The minimum absolute atomic E-state index is 0.150. The molecule has 1 fully saturated rings. The molecule has 0 spiro atoms. The van der Waals surface area contributed by atoms with Gasteiger partial charge in [0.05, 0.1) is 23.8 Å². The van der Waals surface area contributed by atoms with E-state index in [0.717, 1.165) is 5.69 Å². The van der Waals surface area contributed by atoms with Crippen LogP contribution in [0.1, 0.15) is 16.1 Å². The SMILES string of the molecule is O=C(NCCc1csc2nc(-c3cccc(F)c3)nn12)c1ccc(S(=O)(=O)N2CCOCC2)cc1. The highest BCUT2D eigenvalue weighted by atomic mass is 32.2. The lowest BCUT2D eigenvalue weighted by molar-refractivity contribution is 0.0730. The fourth-order valence-corrected chi connectivity index (χ4v) is 6.03. The number of hydrogen-bond acceptors (Lipinski definition) is 7. The summed E-state index contributed by atoms with van der Waals surface area (Å²) in [6, 6.07) is 12.0. The maximum Gasteiger partial charge on any atom is 0.251 e. The summed E-state index contributed by atoms with van der Waals surface area (Å²) in [4.78, 5) is 17.9. The van der Waals surface area contributed by atoms with E-state index in [2.05, 4.69) is 15.4 Å². The molecule has 0 saturated carbocycles. The standard InChI is InChI=1S/C23H22FN5O4S2/c24-18-3-1-2-17(14-18)21-26-23-29(27-21)19(15-34-23)8-9-25-22(30)16-4-6-20(7-5-16)35(31,32)28-10-12-33-13-11-28/h1-7,14-15H,8-13H2,(H,25,30). The van der Waals surface area contributed by atoms with Gasteiger partial charge in [-0.15, -0.1) is 16.4 Å². The second kappa shape index (κ2) is 9.82. The average molecular weight is 516 g/mol. The van der Waals surface area contributed by atoms with Gasteiger partial charge in [-0.25, -0.2) is 17.3 Å². The van der Waals surface area contributed by atoms with Crippen molar-refractivity contribution >= 4 is 32.2 Å². The van der Waals surface area contributed by atoms with Crippen molar-refractivity contribution in [2.75, 3.05) is 32.8 Å². The average Bonchev–Trinajstić information content (AvgIpc) is 3.46. The molecule has 1 aliphatic heterocycles. The lowest BCUT2D eigenvalue weighted by Gasteiger charge is -2.26. The lowest BCUT2D eigenvalue weighted by atomic mass is 10.2. The summed E-state index contributed by atoms with van der Waals surface area (Å²) in [7, 11) is -3.61. The van der Waals surface area contributed by atoms with E-state index in [4.69, 9.17) is 4.74 Å². The predicted octanol–water partition coefficient (Wildman–Crippen LogP) is 2.59. The Morgan fingerprint density at radius 3 is 2.66 bits per heavy atom. The highest BCUT2D eigenvalue weighted by molar-refractivity contribution is 7.89. The Kier molecular flexibility index (Phi) is 6.60. The van der Waals surface area contributed by atoms with Crippen molar-refractivity contribution in [2.24, 2.45) is 0 Å². The molecule has 35 heavy (non-hydrogen) atoms. The van der Waals surface area contributed by atoms with Gasteiger partial charge in [-0.1, -0.05) is 12.1 Å². The van der Waals surface area contributed by atoms with Crippen LogP contribution in [0.5, 0.6) is 0 Å². The molecule has 1 amide bonds. The normalized spacial score (nSPS) is 14.9. The van der Waals surface area contributed by atoms with E-state index < -0.39 is 10.0 Å². The molecule has 2 aromatic carbocycles. The molecule has 0 radical (unpaired) electrons. The molecule has 2 aromatic heterocycles. The van der Waals surface area contributed by atoms with Gasteiger partial charge in [-0.2, -0.15) is 9.29 Å². The Labute approximate surface area is 205 Å². The Morgan fingerprint density at radius 1 is 1.14 bits per heavy atom. The molecule has 1 N–H and O–H groups in total. The third-order valence-corrected chi connectivity index (χ3v) is 8.40. The summed E-state index contributed by atoms with van der Waals surface area (Å²) in [6.07, 6.45) is 0.515. The van der Waals surface area contributed by atoms with Crippen molar-refractivity contribution in [3.8, 4) is 11.4 Å². The number of morpholine rings is 1. The second-order valence-corrected chi connectivity index (χ2v) is 10.7. The molecule has 1 saturated heterocycles. The molecule has 182 valence electrons. The molecule has 3 heterocycles. The van der Waals surface area contributed by atoms with E-state index in [1.54, 1.807) is 16.6 Å². The Hall–Kier alpha value is -3.19. The number of ether oxygens (including phenoxy) is 1. The fraction of sp³-hybridized carbons (Fsp3) is 0.261. The van der Waals surface area contributed by atoms with Crippen LogP contribution < -0.4 is 5.32 Å². The van der Waals surface area contributed by atoms with Crippen LogP contribution in [0.3, 0.4) is 0 Å². The van der Waals surface area contributed by atoms with Crippen LogP contribution in [0, 0.1) is 5.82 Å². The van der Waals surface area contributed by atoms with Crippen molar-refractivity contribution in [2.45, 2.75) is 11.3 Å². The van der Waals surface area contributed by atoms with Gasteiger partial charge in [-0.3, -0.25) is 4.79 Å². The number of amides is 1. The molecule has 5 rings (SSSR count). The Balaban J connectivity index is 1.21. The molecular weight excluding hydrogens is 493 g/mol. The first-order valence-electron chi connectivity index (χ1n) is 11.0. The van der Waals surface area contributed by atoms with E-state index >= 15 is 0 Å². The summed E-state index contributed by atoms with van der Waals surface area (Å²) in [5.41, 5.74) is 1.84. The number of carbonyl (C=O) groups excluding carboxylic acids is 1. The van der Waals surface area contributed by atoms with Crippen molar-refractivity contribution in [3.63, 3.8) is 0 Å². The number of fused-ring (bicyclic) bond motifs is 1. The van der Waals surface area contributed by atoms with Crippen molar-refractivity contribution in [1.82, 2.24) is 24.2 Å². The fourth-order valence-electron chi connectivity index (χ4n) is 3.77. The van der Waals surface area contributed by atoms with Crippen LogP contribution in [0.25, 0.3) is 16.3 Å². The minimum Gasteiger partial charge on any atom is -0.379 e. The molecule has 0 aliphatic carbocycles. The lowest BCUT2D eigenvalue weighted by Crippen LogP contribution is -2.40. The molecule has 0 bridgehead atoms. The van der Waals surface area contributed by atoms with Gasteiger partial charge in [0.15, 0.2) is 5.82 Å². The summed E-state index contributed by atoms with van der Waals surface area (Å²) >= 11 is 1.42. The van der Waals surface area contributed by atoms with Gasteiger partial charge in [0.2, 0.25) is 15.0 Å². The van der Waals surface area contributed by atoms with Gasteiger partial charge in [0.1, 0.15) is 5.82 Å². The van der Waals surface area contributed by atoms with Crippen LogP contribution in [-0.4, -0.2) is 66.1 Å². The second-order valence-electron chi connectivity index (χ2n) is 7.91. The van der Waals surface area contributed by atoms with Crippen LogP contribution in [-0.2, 0) is 21.2 Å². The number of thiazole rings is 1. The third-order valence-electron chi connectivity index (χ3n) is 5.62. The molecule has 12 heteroatoms. The number of hydrogen-bond donors (Lipinski definition) is 1. The van der Waals surface area contributed by atoms with Crippen LogP contribution >= 0.6 is 11.3 Å².